The van der Waals surface area contributed by atoms with Gasteiger partial charge in [-0.2, -0.15) is 0 Å². The van der Waals surface area contributed by atoms with Crippen LogP contribution in [0.1, 0.15) is 24.5 Å². The Hall–Kier alpha value is -3.10. The van der Waals surface area contributed by atoms with Crippen LogP contribution in [-0.4, -0.2) is 57.0 Å². The molecule has 0 bridgehead atoms. The van der Waals surface area contributed by atoms with Gasteiger partial charge in [0, 0.05) is 49.4 Å². The van der Waals surface area contributed by atoms with E-state index in [0.29, 0.717) is 24.2 Å². The minimum atomic E-state index is -3.84. The van der Waals surface area contributed by atoms with Gasteiger partial charge in [0.25, 0.3) is 10.0 Å². The molecule has 0 aliphatic carbocycles. The smallest absolute Gasteiger partial charge is 0.268 e. The average Bonchev–Trinajstić information content (AvgIpc) is 3.41. The van der Waals surface area contributed by atoms with E-state index < -0.39 is 10.0 Å². The van der Waals surface area contributed by atoms with E-state index in [1.807, 2.05) is 6.07 Å². The number of hydrogen-bond donors (Lipinski definition) is 0. The second kappa shape index (κ2) is 8.04. The van der Waals surface area contributed by atoms with Gasteiger partial charge in [-0.3, -0.25) is 4.79 Å². The zero-order chi connectivity index (χ0) is 23.3. The molecule has 0 spiro atoms. The zero-order valence-corrected chi connectivity index (χ0v) is 19.9. The molecular formula is C25H27N3O4S. The third kappa shape index (κ3) is 3.63. The van der Waals surface area contributed by atoms with Gasteiger partial charge in [-0.25, -0.2) is 12.4 Å². The number of ether oxygens (including phenoxy) is 1. The maximum Gasteiger partial charge on any atom is 0.268 e. The number of amides is 1. The fourth-order valence-corrected chi connectivity index (χ4v) is 6.18. The van der Waals surface area contributed by atoms with E-state index in [2.05, 4.69) is 18.0 Å². The van der Waals surface area contributed by atoms with Crippen molar-refractivity contribution in [3.05, 3.63) is 59.8 Å². The average molecular weight is 466 g/mol. The quantitative estimate of drug-likeness (QED) is 0.590. The predicted molar refractivity (Wildman–Crippen MR) is 129 cm³/mol. The Bertz CT molecular complexity index is 1400. The van der Waals surface area contributed by atoms with Crippen molar-refractivity contribution in [1.82, 2.24) is 8.87 Å². The summed E-state index contributed by atoms with van der Waals surface area (Å²) in [5.41, 5.74) is 4.36. The van der Waals surface area contributed by atoms with Gasteiger partial charge in [0.1, 0.15) is 5.75 Å². The van der Waals surface area contributed by atoms with E-state index in [1.54, 1.807) is 48.5 Å². The number of anilines is 1. The lowest BCUT2D eigenvalue weighted by Crippen LogP contribution is -2.25. The van der Waals surface area contributed by atoms with Gasteiger partial charge in [-0.1, -0.05) is 6.08 Å². The standard InChI is InChI=1S/C25H27N3O4S/c1-17(29)27-13-10-19-14-21(5-7-24(19)27)33(30,31)28-16-23(18-8-11-26(2)12-9-18)22-15-20(32-3)4-6-25(22)28/h4-8,14-16H,9-13H2,1-3H3. The summed E-state index contributed by atoms with van der Waals surface area (Å²) >= 11 is 0. The lowest BCUT2D eigenvalue weighted by molar-refractivity contribution is -0.116. The summed E-state index contributed by atoms with van der Waals surface area (Å²) in [7, 11) is -0.154. The predicted octanol–water partition coefficient (Wildman–Crippen LogP) is 3.51. The van der Waals surface area contributed by atoms with Crippen LogP contribution in [-0.2, 0) is 21.2 Å². The number of benzene rings is 2. The van der Waals surface area contributed by atoms with Crippen molar-refractivity contribution in [2.75, 3.05) is 38.7 Å². The number of aromatic nitrogens is 1. The molecule has 2 aliphatic heterocycles. The van der Waals surface area contributed by atoms with Gasteiger partial charge >= 0.3 is 0 Å². The Labute approximate surface area is 193 Å². The molecule has 0 radical (unpaired) electrons. The summed E-state index contributed by atoms with van der Waals surface area (Å²) in [6, 6.07) is 10.5. The van der Waals surface area contributed by atoms with Crippen LogP contribution in [0.4, 0.5) is 5.69 Å². The summed E-state index contributed by atoms with van der Waals surface area (Å²) < 4.78 is 34.4. The number of fused-ring (bicyclic) bond motifs is 2. The second-order valence-electron chi connectivity index (χ2n) is 8.68. The molecule has 5 rings (SSSR count). The number of carbonyl (C=O) groups is 1. The summed E-state index contributed by atoms with van der Waals surface area (Å²) in [6.07, 6.45) is 5.41. The molecule has 7 nitrogen and oxygen atoms in total. The fourth-order valence-electron chi connectivity index (χ4n) is 4.76. The van der Waals surface area contributed by atoms with Crippen molar-refractivity contribution in [1.29, 1.82) is 0 Å². The Morgan fingerprint density at radius 2 is 1.88 bits per heavy atom. The maximum atomic E-state index is 13.8. The van der Waals surface area contributed by atoms with Crippen LogP contribution in [0.5, 0.6) is 5.75 Å². The summed E-state index contributed by atoms with van der Waals surface area (Å²) in [6.45, 7) is 3.86. The van der Waals surface area contributed by atoms with Crippen molar-refractivity contribution in [2.24, 2.45) is 0 Å². The molecule has 0 atom stereocenters. The van der Waals surface area contributed by atoms with Gasteiger partial charge in [-0.15, -0.1) is 0 Å². The highest BCUT2D eigenvalue weighted by Gasteiger charge is 2.27. The molecule has 0 unspecified atom stereocenters. The largest absolute Gasteiger partial charge is 0.497 e. The number of carbonyl (C=O) groups excluding carboxylic acids is 1. The van der Waals surface area contributed by atoms with Crippen molar-refractivity contribution >= 4 is 38.1 Å². The number of likely N-dealkylation sites (N-methyl/N-ethyl adjacent to an activating group) is 1. The highest BCUT2D eigenvalue weighted by atomic mass is 32.2. The first-order valence-corrected chi connectivity index (χ1v) is 12.5. The molecular weight excluding hydrogens is 438 g/mol. The first-order chi connectivity index (χ1) is 15.8. The number of nitrogens with zero attached hydrogens (tertiary/aromatic N) is 3. The summed E-state index contributed by atoms with van der Waals surface area (Å²) in [5, 5.41) is 0.859. The molecule has 2 aliphatic rings. The van der Waals surface area contributed by atoms with E-state index in [9.17, 15) is 13.2 Å². The molecule has 1 amide bonds. The topological polar surface area (TPSA) is 71.8 Å². The summed E-state index contributed by atoms with van der Waals surface area (Å²) in [4.78, 5) is 16.0. The molecule has 3 aromatic rings. The molecule has 0 saturated heterocycles. The van der Waals surface area contributed by atoms with Gasteiger partial charge in [0.05, 0.1) is 17.5 Å². The van der Waals surface area contributed by atoms with Gasteiger partial charge in [-0.05, 0) is 67.4 Å². The zero-order valence-electron chi connectivity index (χ0n) is 19.0. The molecule has 172 valence electrons. The third-order valence-corrected chi connectivity index (χ3v) is 8.29. The lowest BCUT2D eigenvalue weighted by Gasteiger charge is -2.21. The number of methoxy groups -OCH3 is 1. The number of rotatable bonds is 4. The normalized spacial score (nSPS) is 16.7. The van der Waals surface area contributed by atoms with E-state index in [0.717, 1.165) is 47.3 Å². The van der Waals surface area contributed by atoms with Gasteiger partial charge < -0.3 is 14.5 Å². The highest BCUT2D eigenvalue weighted by molar-refractivity contribution is 7.90. The molecule has 0 fully saturated rings. The Kier molecular flexibility index (Phi) is 5.29. The van der Waals surface area contributed by atoms with Crippen LogP contribution in [0.15, 0.2) is 53.6 Å². The minimum Gasteiger partial charge on any atom is -0.497 e. The van der Waals surface area contributed by atoms with Gasteiger partial charge in [0.15, 0.2) is 0 Å². The van der Waals surface area contributed by atoms with Crippen LogP contribution < -0.4 is 9.64 Å². The Morgan fingerprint density at radius 1 is 1.06 bits per heavy atom. The van der Waals surface area contributed by atoms with Crippen LogP contribution in [0.3, 0.4) is 0 Å². The maximum absolute atomic E-state index is 13.8. The SMILES string of the molecule is COc1ccc2c(c1)c(C1=CCN(C)CC1)cn2S(=O)(=O)c1ccc2c(c1)CCN2C(C)=O. The highest BCUT2D eigenvalue weighted by Crippen LogP contribution is 2.36. The van der Waals surface area contributed by atoms with E-state index in [4.69, 9.17) is 4.74 Å². The van der Waals surface area contributed by atoms with Crippen LogP contribution in [0.25, 0.3) is 16.5 Å². The first-order valence-electron chi connectivity index (χ1n) is 11.0. The Morgan fingerprint density at radius 3 is 2.58 bits per heavy atom. The molecule has 8 heteroatoms. The van der Waals surface area contributed by atoms with Crippen LogP contribution in [0.2, 0.25) is 0 Å². The molecule has 0 N–H and O–H groups in total. The van der Waals surface area contributed by atoms with E-state index in [-0.39, 0.29) is 10.8 Å². The minimum absolute atomic E-state index is 0.0363. The third-order valence-electron chi connectivity index (χ3n) is 6.62. The molecule has 2 aromatic carbocycles. The van der Waals surface area contributed by atoms with E-state index >= 15 is 0 Å². The molecule has 1 aromatic heterocycles. The van der Waals surface area contributed by atoms with Crippen molar-refractivity contribution < 1.29 is 17.9 Å². The fraction of sp³-hybridized carbons (Fsp3) is 0.320. The van der Waals surface area contributed by atoms with E-state index in [1.165, 1.54) is 10.9 Å². The van der Waals surface area contributed by atoms with Crippen molar-refractivity contribution in [3.8, 4) is 5.75 Å². The lowest BCUT2D eigenvalue weighted by atomic mass is 9.99. The van der Waals surface area contributed by atoms with Crippen LogP contribution in [0, 0.1) is 0 Å². The van der Waals surface area contributed by atoms with Crippen molar-refractivity contribution in [2.45, 2.75) is 24.7 Å². The molecule has 0 saturated carbocycles. The van der Waals surface area contributed by atoms with Crippen LogP contribution >= 0.6 is 0 Å². The summed E-state index contributed by atoms with van der Waals surface area (Å²) in [5.74, 6) is 0.653. The second-order valence-corrected chi connectivity index (χ2v) is 10.5. The first kappa shape index (κ1) is 21.7. The van der Waals surface area contributed by atoms with Gasteiger partial charge in [0.2, 0.25) is 5.91 Å². The molecule has 33 heavy (non-hydrogen) atoms. The monoisotopic (exact) mass is 465 g/mol. The number of hydrogen-bond acceptors (Lipinski definition) is 5. The molecule has 3 heterocycles. The Balaban J connectivity index is 1.65. The van der Waals surface area contributed by atoms with Crippen molar-refractivity contribution in [3.63, 3.8) is 0 Å².